The second-order valence-electron chi connectivity index (χ2n) is 9.29. The molecule has 186 valence electrons. The number of aliphatic carboxylic acids is 1. The van der Waals surface area contributed by atoms with Crippen molar-refractivity contribution in [1.82, 2.24) is 10.6 Å². The number of hydrogen-bond donors (Lipinski definition) is 3. The lowest BCUT2D eigenvalue weighted by Gasteiger charge is -2.41. The van der Waals surface area contributed by atoms with Gasteiger partial charge < -0.3 is 20.5 Å². The number of carbonyl (C=O) groups excluding carboxylic acids is 2. The number of benzene rings is 2. The predicted molar refractivity (Wildman–Crippen MR) is 124 cm³/mol. The molecule has 2 aromatic carbocycles. The SMILES string of the molecule is O=C(CC1(CNC(=O)OCC2c3ccccc3-c3ccccc32)CCC1)NC(CC(F)F)C(=O)O. The predicted octanol–water partition coefficient (Wildman–Crippen LogP) is 4.31. The van der Waals surface area contributed by atoms with Crippen LogP contribution in [-0.2, 0) is 14.3 Å². The third-order valence-corrected chi connectivity index (χ3v) is 6.95. The summed E-state index contributed by atoms with van der Waals surface area (Å²) < 4.78 is 30.7. The van der Waals surface area contributed by atoms with Crippen LogP contribution < -0.4 is 10.6 Å². The van der Waals surface area contributed by atoms with Crippen molar-refractivity contribution in [2.45, 2.75) is 50.5 Å². The third kappa shape index (κ3) is 5.61. The summed E-state index contributed by atoms with van der Waals surface area (Å²) in [5, 5.41) is 14.0. The zero-order valence-electron chi connectivity index (χ0n) is 19.1. The highest BCUT2D eigenvalue weighted by atomic mass is 19.3. The molecule has 2 aromatic rings. The van der Waals surface area contributed by atoms with Gasteiger partial charge in [0.25, 0.3) is 0 Å². The first-order valence-corrected chi connectivity index (χ1v) is 11.7. The molecule has 1 unspecified atom stereocenters. The first kappa shape index (κ1) is 24.6. The third-order valence-electron chi connectivity index (χ3n) is 6.95. The van der Waals surface area contributed by atoms with Crippen LogP contribution in [0.1, 0.15) is 49.1 Å². The van der Waals surface area contributed by atoms with Crippen LogP contribution in [0.5, 0.6) is 0 Å². The highest BCUT2D eigenvalue weighted by Crippen LogP contribution is 2.45. The molecule has 4 rings (SSSR count). The smallest absolute Gasteiger partial charge is 0.407 e. The molecule has 1 saturated carbocycles. The maximum Gasteiger partial charge on any atom is 0.407 e. The Bertz CT molecular complexity index is 1060. The number of fused-ring (bicyclic) bond motifs is 3. The Morgan fingerprint density at radius 1 is 1.03 bits per heavy atom. The molecule has 0 radical (unpaired) electrons. The van der Waals surface area contributed by atoms with E-state index in [0.717, 1.165) is 28.7 Å². The van der Waals surface area contributed by atoms with E-state index in [4.69, 9.17) is 9.84 Å². The van der Waals surface area contributed by atoms with E-state index in [1.54, 1.807) is 0 Å². The Hall–Kier alpha value is -3.49. The summed E-state index contributed by atoms with van der Waals surface area (Å²) in [7, 11) is 0. The van der Waals surface area contributed by atoms with E-state index in [0.29, 0.717) is 12.8 Å². The standard InChI is InChI=1S/C26H28F2N2O5/c27-22(28)12-21(24(32)33)30-23(31)13-26(10-5-11-26)15-29-25(34)35-14-20-18-8-3-1-6-16(18)17-7-2-4-9-19(17)20/h1-4,6-9,20-22H,5,10-15H2,(H,29,34)(H,30,31)(H,32,33). The summed E-state index contributed by atoms with van der Waals surface area (Å²) in [4.78, 5) is 36.0. The second-order valence-corrected chi connectivity index (χ2v) is 9.29. The van der Waals surface area contributed by atoms with Crippen LogP contribution >= 0.6 is 0 Å². The van der Waals surface area contributed by atoms with Crippen molar-refractivity contribution < 1.29 is 33.0 Å². The summed E-state index contributed by atoms with van der Waals surface area (Å²) in [5.74, 6) is -2.19. The van der Waals surface area contributed by atoms with Gasteiger partial charge in [0.05, 0.1) is 0 Å². The van der Waals surface area contributed by atoms with Crippen LogP contribution in [0.15, 0.2) is 48.5 Å². The van der Waals surface area contributed by atoms with Gasteiger partial charge in [-0.3, -0.25) is 4.79 Å². The lowest BCUT2D eigenvalue weighted by molar-refractivity contribution is -0.143. The Balaban J connectivity index is 1.30. The topological polar surface area (TPSA) is 105 Å². The largest absolute Gasteiger partial charge is 0.480 e. The van der Waals surface area contributed by atoms with Gasteiger partial charge in [-0.05, 0) is 40.5 Å². The summed E-state index contributed by atoms with van der Waals surface area (Å²) in [6.45, 7) is 0.352. The minimum absolute atomic E-state index is 0.0519. The summed E-state index contributed by atoms with van der Waals surface area (Å²) in [5.41, 5.74) is 3.92. The van der Waals surface area contributed by atoms with Crippen molar-refractivity contribution in [2.75, 3.05) is 13.2 Å². The normalized spacial score (nSPS) is 16.5. The monoisotopic (exact) mass is 486 g/mol. The van der Waals surface area contributed by atoms with Crippen LogP contribution in [0.3, 0.4) is 0 Å². The van der Waals surface area contributed by atoms with Crippen molar-refractivity contribution in [3.05, 3.63) is 59.7 Å². The lowest BCUT2D eigenvalue weighted by Crippen LogP contribution is -2.48. The number of carbonyl (C=O) groups is 3. The van der Waals surface area contributed by atoms with Crippen LogP contribution in [-0.4, -0.2) is 48.7 Å². The number of carboxylic acid groups (broad SMARTS) is 1. The van der Waals surface area contributed by atoms with E-state index in [-0.39, 0.29) is 25.5 Å². The molecule has 35 heavy (non-hydrogen) atoms. The number of hydrogen-bond acceptors (Lipinski definition) is 4. The second kappa shape index (κ2) is 10.4. The van der Waals surface area contributed by atoms with Crippen molar-refractivity contribution in [3.63, 3.8) is 0 Å². The molecular weight excluding hydrogens is 458 g/mol. The Morgan fingerprint density at radius 2 is 1.63 bits per heavy atom. The zero-order chi connectivity index (χ0) is 25.0. The first-order valence-electron chi connectivity index (χ1n) is 11.7. The number of alkyl halides is 2. The van der Waals surface area contributed by atoms with Crippen molar-refractivity contribution >= 4 is 18.0 Å². The fourth-order valence-corrected chi connectivity index (χ4v) is 4.99. The number of ether oxygens (including phenoxy) is 1. The van der Waals surface area contributed by atoms with Crippen molar-refractivity contribution in [2.24, 2.45) is 5.41 Å². The molecule has 0 spiro atoms. The maximum atomic E-state index is 12.6. The first-order chi connectivity index (χ1) is 16.8. The highest BCUT2D eigenvalue weighted by Gasteiger charge is 2.40. The van der Waals surface area contributed by atoms with E-state index in [1.807, 2.05) is 36.4 Å². The molecule has 3 N–H and O–H groups in total. The molecule has 0 saturated heterocycles. The Kier molecular flexibility index (Phi) is 7.33. The number of nitrogens with one attached hydrogen (secondary N) is 2. The van der Waals surface area contributed by atoms with Gasteiger partial charge in [0.1, 0.15) is 12.6 Å². The fourth-order valence-electron chi connectivity index (χ4n) is 4.99. The van der Waals surface area contributed by atoms with E-state index in [2.05, 4.69) is 22.8 Å². The molecule has 1 fully saturated rings. The molecule has 0 heterocycles. The number of carboxylic acids is 1. The van der Waals surface area contributed by atoms with E-state index in [1.165, 1.54) is 0 Å². The Morgan fingerprint density at radius 3 is 2.14 bits per heavy atom. The molecule has 2 aliphatic rings. The van der Waals surface area contributed by atoms with E-state index >= 15 is 0 Å². The molecule has 2 amide bonds. The van der Waals surface area contributed by atoms with Gasteiger partial charge in [-0.15, -0.1) is 0 Å². The molecule has 7 nitrogen and oxygen atoms in total. The van der Waals surface area contributed by atoms with E-state index in [9.17, 15) is 23.2 Å². The molecule has 9 heteroatoms. The molecule has 0 bridgehead atoms. The number of alkyl carbamates (subject to hydrolysis) is 1. The average Bonchev–Trinajstić information content (AvgIpc) is 3.12. The number of amides is 2. The van der Waals surface area contributed by atoms with Crippen molar-refractivity contribution in [1.29, 1.82) is 0 Å². The zero-order valence-corrected chi connectivity index (χ0v) is 19.1. The highest BCUT2D eigenvalue weighted by molar-refractivity contribution is 5.84. The van der Waals surface area contributed by atoms with Crippen LogP contribution in [0.4, 0.5) is 13.6 Å². The van der Waals surface area contributed by atoms with Crippen LogP contribution in [0.2, 0.25) is 0 Å². The van der Waals surface area contributed by atoms with Crippen LogP contribution in [0.25, 0.3) is 11.1 Å². The van der Waals surface area contributed by atoms with E-state index < -0.39 is 42.3 Å². The Labute approximate surface area is 201 Å². The van der Waals surface area contributed by atoms with Gasteiger partial charge >= 0.3 is 12.1 Å². The number of rotatable bonds is 10. The van der Waals surface area contributed by atoms with Gasteiger partial charge in [-0.1, -0.05) is 55.0 Å². The van der Waals surface area contributed by atoms with Crippen LogP contribution in [0, 0.1) is 5.41 Å². The summed E-state index contributed by atoms with van der Waals surface area (Å²) >= 11 is 0. The molecule has 0 aromatic heterocycles. The number of halogens is 2. The van der Waals surface area contributed by atoms with Gasteiger partial charge in [0, 0.05) is 25.3 Å². The summed E-state index contributed by atoms with van der Waals surface area (Å²) in [6.07, 6.45) is -2.26. The fraction of sp³-hybridized carbons (Fsp3) is 0.423. The molecular formula is C26H28F2N2O5. The summed E-state index contributed by atoms with van der Waals surface area (Å²) in [6, 6.07) is 14.4. The molecule has 1 atom stereocenters. The van der Waals surface area contributed by atoms with Gasteiger partial charge in [0.2, 0.25) is 12.3 Å². The maximum absolute atomic E-state index is 12.6. The quantitative estimate of drug-likeness (QED) is 0.464. The minimum Gasteiger partial charge on any atom is -0.480 e. The lowest BCUT2D eigenvalue weighted by atomic mass is 9.66. The van der Waals surface area contributed by atoms with Gasteiger partial charge in [-0.2, -0.15) is 0 Å². The van der Waals surface area contributed by atoms with Gasteiger partial charge in [-0.25, -0.2) is 18.4 Å². The molecule has 2 aliphatic carbocycles. The van der Waals surface area contributed by atoms with Crippen molar-refractivity contribution in [3.8, 4) is 11.1 Å². The molecule has 0 aliphatic heterocycles. The van der Waals surface area contributed by atoms with Gasteiger partial charge in [0.15, 0.2) is 0 Å². The average molecular weight is 487 g/mol. The minimum atomic E-state index is -2.84.